The monoisotopic (exact) mass is 599 g/mol. The molecule has 0 saturated carbocycles. The van der Waals surface area contributed by atoms with E-state index in [2.05, 4.69) is 9.80 Å². The molecule has 12 heteroatoms. The Kier molecular flexibility index (Phi) is 8.94. The van der Waals surface area contributed by atoms with Crippen LogP contribution in [0.3, 0.4) is 0 Å². The number of carbonyl (C=O) groups is 1. The Bertz CT molecular complexity index is 1220. The molecule has 0 radical (unpaired) electrons. The summed E-state index contributed by atoms with van der Waals surface area (Å²) in [5.41, 5.74) is -2.31. The van der Waals surface area contributed by atoms with E-state index in [0.717, 1.165) is 44.6 Å². The molecule has 0 aromatic heterocycles. The quantitative estimate of drug-likeness (QED) is 0.358. The van der Waals surface area contributed by atoms with Crippen LogP contribution in [0, 0.1) is 0 Å². The smallest absolute Gasteiger partial charge is 0.416 e. The summed E-state index contributed by atoms with van der Waals surface area (Å²) in [6.45, 7) is 4.13. The fourth-order valence-corrected chi connectivity index (χ4v) is 6.19. The Labute approximate surface area is 241 Å². The van der Waals surface area contributed by atoms with Crippen molar-refractivity contribution in [1.82, 2.24) is 14.7 Å². The molecule has 230 valence electrons. The zero-order valence-corrected chi connectivity index (χ0v) is 23.4. The van der Waals surface area contributed by atoms with Gasteiger partial charge in [0.25, 0.3) is 0 Å². The lowest BCUT2D eigenvalue weighted by atomic mass is 9.96. The van der Waals surface area contributed by atoms with E-state index in [1.165, 1.54) is 31.2 Å². The van der Waals surface area contributed by atoms with Crippen LogP contribution in [-0.2, 0) is 23.6 Å². The van der Waals surface area contributed by atoms with Crippen molar-refractivity contribution in [1.29, 1.82) is 0 Å². The van der Waals surface area contributed by atoms with Crippen molar-refractivity contribution in [2.45, 2.75) is 63.0 Å². The van der Waals surface area contributed by atoms with Gasteiger partial charge in [-0.2, -0.15) is 26.3 Å². The molecule has 2 aromatic carbocycles. The van der Waals surface area contributed by atoms with Crippen molar-refractivity contribution in [2.75, 3.05) is 46.6 Å². The van der Waals surface area contributed by atoms with Crippen LogP contribution in [0.5, 0.6) is 11.5 Å². The minimum absolute atomic E-state index is 0.0703. The molecule has 3 aliphatic heterocycles. The zero-order valence-electron chi connectivity index (χ0n) is 23.4. The van der Waals surface area contributed by atoms with Gasteiger partial charge in [-0.1, -0.05) is 12.5 Å². The SMILES string of the molecule is CN(CC(c1ccc2c(c1)OCO2)N1CCC(N2CCCCC2)CC1)C(=O)Cc1cc(C(F)(F)F)cc(C(F)(F)F)c1. The number of piperidine rings is 2. The summed E-state index contributed by atoms with van der Waals surface area (Å²) in [5, 5.41) is 0. The Balaban J connectivity index is 1.33. The first-order valence-corrected chi connectivity index (χ1v) is 14.3. The maximum atomic E-state index is 13.3. The third kappa shape index (κ3) is 7.14. The highest BCUT2D eigenvalue weighted by Crippen LogP contribution is 2.38. The summed E-state index contributed by atoms with van der Waals surface area (Å²) in [6, 6.07) is 7.16. The second-order valence-corrected chi connectivity index (χ2v) is 11.4. The van der Waals surface area contributed by atoms with Crippen LogP contribution in [0.2, 0.25) is 0 Å². The normalized spacial score (nSPS) is 19.6. The average molecular weight is 600 g/mol. The Morgan fingerprint density at radius 3 is 2.12 bits per heavy atom. The number of likely N-dealkylation sites (N-methyl/N-ethyl adjacent to an activating group) is 1. The van der Waals surface area contributed by atoms with Crippen LogP contribution in [0.15, 0.2) is 36.4 Å². The number of likely N-dealkylation sites (tertiary alicyclic amines) is 2. The molecule has 0 N–H and O–H groups in total. The largest absolute Gasteiger partial charge is 0.454 e. The van der Waals surface area contributed by atoms with E-state index in [9.17, 15) is 31.1 Å². The van der Waals surface area contributed by atoms with Crippen molar-refractivity contribution >= 4 is 5.91 Å². The minimum Gasteiger partial charge on any atom is -0.454 e. The Hall–Kier alpha value is -2.99. The molecular weight excluding hydrogens is 564 g/mol. The fourth-order valence-electron chi connectivity index (χ4n) is 6.19. The first-order valence-electron chi connectivity index (χ1n) is 14.3. The van der Waals surface area contributed by atoms with Gasteiger partial charge in [0.15, 0.2) is 11.5 Å². The van der Waals surface area contributed by atoms with E-state index in [1.807, 2.05) is 18.2 Å². The van der Waals surface area contributed by atoms with E-state index in [0.29, 0.717) is 29.7 Å². The minimum atomic E-state index is -4.98. The zero-order chi connectivity index (χ0) is 30.1. The Morgan fingerprint density at radius 2 is 1.50 bits per heavy atom. The first-order chi connectivity index (χ1) is 19.9. The second kappa shape index (κ2) is 12.3. The van der Waals surface area contributed by atoms with Crippen molar-refractivity contribution in [3.05, 3.63) is 58.7 Å². The number of amides is 1. The molecule has 2 aromatic rings. The maximum absolute atomic E-state index is 13.3. The number of hydrogen-bond donors (Lipinski definition) is 0. The number of rotatable bonds is 7. The fraction of sp³-hybridized carbons (Fsp3) is 0.567. The highest BCUT2D eigenvalue weighted by Gasteiger charge is 2.37. The highest BCUT2D eigenvalue weighted by molar-refractivity contribution is 5.78. The molecule has 3 aliphatic rings. The molecule has 0 aliphatic carbocycles. The average Bonchev–Trinajstić information content (AvgIpc) is 3.43. The summed E-state index contributed by atoms with van der Waals surface area (Å²) in [5.74, 6) is 0.644. The third-order valence-corrected chi connectivity index (χ3v) is 8.50. The summed E-state index contributed by atoms with van der Waals surface area (Å²) < 4.78 is 91.1. The second-order valence-electron chi connectivity index (χ2n) is 11.4. The van der Waals surface area contributed by atoms with Gasteiger partial charge in [0.05, 0.1) is 23.6 Å². The van der Waals surface area contributed by atoms with E-state index >= 15 is 0 Å². The standard InChI is InChI=1S/C30H35F6N3O3/c1-37(28(40)15-20-13-22(29(31,32)33)17-23(14-20)30(34,35)36)18-25(21-5-6-26-27(16-21)42-19-41-26)39-11-7-24(8-12-39)38-9-3-2-4-10-38/h5-6,13-14,16-17,24-25H,2-4,7-12,15,18-19H2,1H3. The van der Waals surface area contributed by atoms with Crippen molar-refractivity contribution in [2.24, 2.45) is 0 Å². The number of hydrogen-bond acceptors (Lipinski definition) is 5. The number of ether oxygens (including phenoxy) is 2. The molecule has 2 fully saturated rings. The van der Waals surface area contributed by atoms with E-state index in [4.69, 9.17) is 9.47 Å². The van der Waals surface area contributed by atoms with Crippen LogP contribution in [-0.4, -0.2) is 73.2 Å². The highest BCUT2D eigenvalue weighted by atomic mass is 19.4. The molecule has 1 amide bonds. The molecule has 1 atom stereocenters. The lowest BCUT2D eigenvalue weighted by molar-refractivity contribution is -0.143. The lowest BCUT2D eigenvalue weighted by Crippen LogP contribution is -2.49. The molecular formula is C30H35F6N3O3. The van der Waals surface area contributed by atoms with Gasteiger partial charge in [-0.15, -0.1) is 0 Å². The topological polar surface area (TPSA) is 45.3 Å². The molecule has 2 saturated heterocycles. The molecule has 6 nitrogen and oxygen atoms in total. The summed E-state index contributed by atoms with van der Waals surface area (Å²) in [7, 11) is 1.53. The predicted molar refractivity (Wildman–Crippen MR) is 143 cm³/mol. The molecule has 5 rings (SSSR count). The van der Waals surface area contributed by atoms with Gasteiger partial charge in [0.1, 0.15) is 0 Å². The van der Waals surface area contributed by atoms with Gasteiger partial charge in [-0.3, -0.25) is 9.69 Å². The van der Waals surface area contributed by atoms with Gasteiger partial charge >= 0.3 is 12.4 Å². The van der Waals surface area contributed by atoms with Gasteiger partial charge < -0.3 is 19.3 Å². The predicted octanol–water partition coefficient (Wildman–Crippen LogP) is 6.15. The van der Waals surface area contributed by atoms with Gasteiger partial charge in [-0.25, -0.2) is 0 Å². The summed E-state index contributed by atoms with van der Waals surface area (Å²) >= 11 is 0. The summed E-state index contributed by atoms with van der Waals surface area (Å²) in [6.07, 6.45) is -4.90. The van der Waals surface area contributed by atoms with Gasteiger partial charge in [-0.05, 0) is 80.2 Å². The maximum Gasteiger partial charge on any atom is 0.416 e. The molecule has 0 spiro atoms. The number of halogens is 6. The third-order valence-electron chi connectivity index (χ3n) is 8.50. The van der Waals surface area contributed by atoms with Crippen LogP contribution < -0.4 is 9.47 Å². The van der Waals surface area contributed by atoms with Crippen molar-refractivity contribution in [3.8, 4) is 11.5 Å². The number of fused-ring (bicyclic) bond motifs is 1. The Morgan fingerprint density at radius 1 is 0.881 bits per heavy atom. The first kappa shape index (κ1) is 30.5. The number of nitrogens with zero attached hydrogens (tertiary/aromatic N) is 3. The summed E-state index contributed by atoms with van der Waals surface area (Å²) in [4.78, 5) is 19.5. The molecule has 42 heavy (non-hydrogen) atoms. The van der Waals surface area contributed by atoms with Crippen molar-refractivity contribution < 1.29 is 40.6 Å². The van der Waals surface area contributed by atoms with Gasteiger partial charge in [0, 0.05) is 32.7 Å². The van der Waals surface area contributed by atoms with E-state index < -0.39 is 35.8 Å². The molecule has 1 unspecified atom stereocenters. The lowest BCUT2D eigenvalue weighted by Gasteiger charge is -2.43. The van der Waals surface area contributed by atoms with Crippen molar-refractivity contribution in [3.63, 3.8) is 0 Å². The number of alkyl halides is 6. The molecule has 0 bridgehead atoms. The van der Waals surface area contributed by atoms with Gasteiger partial charge in [0.2, 0.25) is 12.7 Å². The van der Waals surface area contributed by atoms with E-state index in [-0.39, 0.29) is 31.0 Å². The van der Waals surface area contributed by atoms with Crippen LogP contribution in [0.4, 0.5) is 26.3 Å². The molecule has 3 heterocycles. The van der Waals surface area contributed by atoms with E-state index in [1.54, 1.807) is 0 Å². The van der Waals surface area contributed by atoms with Crippen LogP contribution in [0.25, 0.3) is 0 Å². The number of carbonyl (C=O) groups excluding carboxylic acids is 1. The van der Waals surface area contributed by atoms with Crippen LogP contribution in [0.1, 0.15) is 60.4 Å². The number of benzene rings is 2. The van der Waals surface area contributed by atoms with Crippen LogP contribution >= 0.6 is 0 Å².